The fraction of sp³-hybridized carbons (Fsp3) is 0.385. The minimum Gasteiger partial charge on any atom is -0.477 e. The van der Waals surface area contributed by atoms with E-state index in [2.05, 4.69) is 16.5 Å². The summed E-state index contributed by atoms with van der Waals surface area (Å²) in [5, 5.41) is 12.5. The van der Waals surface area contributed by atoms with Crippen LogP contribution in [0.2, 0.25) is 0 Å². The van der Waals surface area contributed by atoms with Crippen LogP contribution in [-0.4, -0.2) is 44.9 Å². The summed E-state index contributed by atoms with van der Waals surface area (Å²) >= 11 is 1.38. The van der Waals surface area contributed by atoms with Gasteiger partial charge < -0.3 is 10.1 Å². The number of carboxylic acids is 1. The van der Waals surface area contributed by atoms with E-state index < -0.39 is 5.97 Å². The Morgan fingerprint density at radius 1 is 1.55 bits per heavy atom. The monoisotopic (exact) mass is 291 g/mol. The second-order valence-corrected chi connectivity index (χ2v) is 6.12. The van der Waals surface area contributed by atoms with Crippen molar-refractivity contribution in [2.45, 2.75) is 24.3 Å². The van der Waals surface area contributed by atoms with Crippen molar-refractivity contribution in [1.29, 1.82) is 0 Å². The van der Waals surface area contributed by atoms with Crippen LogP contribution >= 0.6 is 11.8 Å². The lowest BCUT2D eigenvalue weighted by Gasteiger charge is -2.37. The average molecular weight is 291 g/mol. The van der Waals surface area contributed by atoms with E-state index in [1.807, 2.05) is 6.08 Å². The van der Waals surface area contributed by atoms with Crippen molar-refractivity contribution in [3.8, 4) is 0 Å². The number of β-lactam (4-membered cyclic amide) rings is 1. The van der Waals surface area contributed by atoms with Crippen LogP contribution in [0.5, 0.6) is 0 Å². The van der Waals surface area contributed by atoms with Crippen LogP contribution in [0, 0.1) is 0 Å². The SMILES string of the molecule is O=C(O)C1=CS[C@H]2/C(=C/C3C=C4CCCN4N3)C(=O)N12. The number of hydrazine groups is 1. The normalized spacial score (nSPS) is 33.0. The molecule has 20 heavy (non-hydrogen) atoms. The molecular formula is C13H13N3O3S. The Morgan fingerprint density at radius 2 is 2.40 bits per heavy atom. The Kier molecular flexibility index (Phi) is 2.49. The van der Waals surface area contributed by atoms with Crippen LogP contribution < -0.4 is 5.43 Å². The summed E-state index contributed by atoms with van der Waals surface area (Å²) in [5.41, 5.74) is 5.40. The molecule has 4 aliphatic heterocycles. The minimum atomic E-state index is -1.05. The van der Waals surface area contributed by atoms with Gasteiger partial charge in [-0.1, -0.05) is 6.08 Å². The number of allylic oxidation sites excluding steroid dienone is 1. The molecule has 2 fully saturated rings. The first-order chi connectivity index (χ1) is 9.65. The van der Waals surface area contributed by atoms with E-state index in [4.69, 9.17) is 5.11 Å². The quantitative estimate of drug-likeness (QED) is 0.574. The van der Waals surface area contributed by atoms with Gasteiger partial charge in [-0.3, -0.25) is 9.69 Å². The maximum absolute atomic E-state index is 12.1. The molecule has 0 aliphatic carbocycles. The highest BCUT2D eigenvalue weighted by Gasteiger charge is 2.49. The highest BCUT2D eigenvalue weighted by molar-refractivity contribution is 8.03. The maximum Gasteiger partial charge on any atom is 0.353 e. The van der Waals surface area contributed by atoms with Gasteiger partial charge in [-0.15, -0.1) is 11.8 Å². The molecule has 2 saturated heterocycles. The third-order valence-electron chi connectivity index (χ3n) is 3.95. The third-order valence-corrected chi connectivity index (χ3v) is 5.03. The van der Waals surface area contributed by atoms with Gasteiger partial charge >= 0.3 is 5.97 Å². The van der Waals surface area contributed by atoms with Crippen LogP contribution in [0.15, 0.2) is 34.5 Å². The Bertz CT molecular complexity index is 610. The molecule has 6 nitrogen and oxygen atoms in total. The first kappa shape index (κ1) is 12.0. The number of carbonyl (C=O) groups is 2. The Hall–Kier alpha value is -1.73. The molecule has 7 heteroatoms. The molecule has 1 unspecified atom stereocenters. The van der Waals surface area contributed by atoms with Crippen molar-refractivity contribution >= 4 is 23.6 Å². The zero-order chi connectivity index (χ0) is 13.9. The smallest absolute Gasteiger partial charge is 0.353 e. The molecule has 2 N–H and O–H groups in total. The van der Waals surface area contributed by atoms with E-state index in [9.17, 15) is 9.59 Å². The van der Waals surface area contributed by atoms with Gasteiger partial charge in [-0.25, -0.2) is 10.2 Å². The number of amides is 1. The van der Waals surface area contributed by atoms with E-state index in [1.54, 1.807) is 5.41 Å². The first-order valence-electron chi connectivity index (χ1n) is 6.54. The molecule has 2 atom stereocenters. The number of carbonyl (C=O) groups excluding carboxylic acids is 1. The summed E-state index contributed by atoms with van der Waals surface area (Å²) in [6.07, 6.45) is 6.30. The molecule has 0 saturated carbocycles. The zero-order valence-corrected chi connectivity index (χ0v) is 11.4. The lowest BCUT2D eigenvalue weighted by Crippen LogP contribution is -2.52. The second-order valence-electron chi connectivity index (χ2n) is 5.16. The fourth-order valence-corrected chi connectivity index (χ4v) is 4.14. The van der Waals surface area contributed by atoms with Crippen LogP contribution in [0.25, 0.3) is 0 Å². The molecule has 0 aromatic heterocycles. The number of hydrogen-bond acceptors (Lipinski definition) is 5. The van der Waals surface area contributed by atoms with Gasteiger partial charge in [0, 0.05) is 23.2 Å². The Balaban J connectivity index is 1.52. The predicted octanol–water partition coefficient (Wildman–Crippen LogP) is 0.620. The van der Waals surface area contributed by atoms with E-state index in [0.717, 1.165) is 13.0 Å². The van der Waals surface area contributed by atoms with Crippen LogP contribution in [0.1, 0.15) is 12.8 Å². The number of nitrogens with zero attached hydrogens (tertiary/aromatic N) is 2. The summed E-state index contributed by atoms with van der Waals surface area (Å²) in [4.78, 5) is 24.4. The lowest BCUT2D eigenvalue weighted by atomic mass is 10.0. The maximum atomic E-state index is 12.1. The standard InChI is InChI=1S/C13H13N3O3S/c17-11-9(12-16(11)10(6-20-12)13(18)19)5-7-4-8-2-1-3-15(8)14-7/h4-7,12,14H,1-3H2,(H,18,19)/b9-5+/t7?,12-/m0/s1. The first-order valence-corrected chi connectivity index (χ1v) is 7.48. The van der Waals surface area contributed by atoms with Crippen molar-refractivity contribution in [3.63, 3.8) is 0 Å². The number of fused-ring (bicyclic) bond motifs is 2. The van der Waals surface area contributed by atoms with Crippen LogP contribution in [-0.2, 0) is 9.59 Å². The number of hydrogen-bond donors (Lipinski definition) is 2. The molecule has 0 radical (unpaired) electrons. The van der Waals surface area contributed by atoms with Gasteiger partial charge in [-0.2, -0.15) is 0 Å². The third kappa shape index (κ3) is 1.56. The summed E-state index contributed by atoms with van der Waals surface area (Å²) in [6.45, 7) is 1.01. The van der Waals surface area contributed by atoms with Crippen LogP contribution in [0.3, 0.4) is 0 Å². The topological polar surface area (TPSA) is 72.9 Å². The van der Waals surface area contributed by atoms with Crippen molar-refractivity contribution < 1.29 is 14.7 Å². The number of thioether (sulfide) groups is 1. The number of nitrogens with one attached hydrogen (secondary N) is 1. The number of rotatable bonds is 2. The van der Waals surface area contributed by atoms with Crippen molar-refractivity contribution in [2.24, 2.45) is 0 Å². The van der Waals surface area contributed by atoms with Gasteiger partial charge in [-0.05, 0) is 18.9 Å². The van der Waals surface area contributed by atoms with Crippen molar-refractivity contribution in [2.75, 3.05) is 6.54 Å². The van der Waals surface area contributed by atoms with Crippen molar-refractivity contribution in [3.05, 3.63) is 34.5 Å². The van der Waals surface area contributed by atoms with Gasteiger partial charge in [0.05, 0.1) is 6.04 Å². The summed E-state index contributed by atoms with van der Waals surface area (Å²) in [7, 11) is 0. The van der Waals surface area contributed by atoms with Gasteiger partial charge in [0.1, 0.15) is 11.1 Å². The number of aliphatic carboxylic acids is 1. The van der Waals surface area contributed by atoms with Gasteiger partial charge in [0.15, 0.2) is 0 Å². The Morgan fingerprint density at radius 3 is 3.15 bits per heavy atom. The van der Waals surface area contributed by atoms with E-state index in [1.165, 1.54) is 28.8 Å². The van der Waals surface area contributed by atoms with E-state index in [-0.39, 0.29) is 23.0 Å². The molecule has 0 spiro atoms. The Labute approximate surface area is 119 Å². The molecule has 4 rings (SSSR count). The fourth-order valence-electron chi connectivity index (χ4n) is 3.01. The summed E-state index contributed by atoms with van der Waals surface area (Å²) in [5.74, 6) is -1.24. The molecular weight excluding hydrogens is 278 g/mol. The average Bonchev–Trinajstić information content (AvgIpc) is 3.07. The van der Waals surface area contributed by atoms with Crippen molar-refractivity contribution in [1.82, 2.24) is 15.3 Å². The molecule has 4 heterocycles. The molecule has 0 bridgehead atoms. The molecule has 1 amide bonds. The molecule has 104 valence electrons. The summed E-state index contributed by atoms with van der Waals surface area (Å²) in [6, 6.07) is 0.0425. The summed E-state index contributed by atoms with van der Waals surface area (Å²) < 4.78 is 0. The highest BCUT2D eigenvalue weighted by atomic mass is 32.2. The largest absolute Gasteiger partial charge is 0.477 e. The van der Waals surface area contributed by atoms with E-state index >= 15 is 0 Å². The lowest BCUT2D eigenvalue weighted by molar-refractivity contribution is -0.141. The van der Waals surface area contributed by atoms with Crippen LogP contribution in [0.4, 0.5) is 0 Å². The molecule has 4 aliphatic rings. The minimum absolute atomic E-state index is 0.0425. The molecule has 0 aromatic rings. The second kappa shape index (κ2) is 4.13. The van der Waals surface area contributed by atoms with E-state index in [0.29, 0.717) is 5.57 Å². The predicted molar refractivity (Wildman–Crippen MR) is 73.0 cm³/mol. The van der Waals surface area contributed by atoms with Gasteiger partial charge in [0.25, 0.3) is 5.91 Å². The zero-order valence-electron chi connectivity index (χ0n) is 10.6. The highest BCUT2D eigenvalue weighted by Crippen LogP contribution is 2.44. The molecule has 0 aromatic carbocycles. The number of carboxylic acid groups (broad SMARTS) is 1. The van der Waals surface area contributed by atoms with Gasteiger partial charge in [0.2, 0.25) is 0 Å².